The highest BCUT2D eigenvalue weighted by molar-refractivity contribution is 5.08. The van der Waals surface area contributed by atoms with Gasteiger partial charge in [0, 0.05) is 0 Å². The number of aliphatic hydroxyl groups is 2. The summed E-state index contributed by atoms with van der Waals surface area (Å²) >= 11 is 0. The topological polar surface area (TPSA) is 72.7 Å². The number of hydrogen-bond donors (Lipinski definition) is 4. The largest absolute Gasteiger partial charge is 0.391 e. The van der Waals surface area contributed by atoms with Crippen LogP contribution in [0.2, 0.25) is 0 Å². The summed E-state index contributed by atoms with van der Waals surface area (Å²) < 4.78 is 0. The first-order valence-corrected chi connectivity index (χ1v) is 3.42. The predicted octanol–water partition coefficient (Wildman–Crippen LogP) is -0.348. The Morgan fingerprint density at radius 2 is 1.73 bits per heavy atom. The van der Waals surface area contributed by atoms with Gasteiger partial charge in [-0.2, -0.15) is 5.48 Å². The third-order valence-corrected chi connectivity index (χ3v) is 1.91. The average molecular weight is 161 g/mol. The molecule has 66 valence electrons. The van der Waals surface area contributed by atoms with E-state index >= 15 is 0 Å². The fourth-order valence-electron chi connectivity index (χ4n) is 0.923. The molecule has 0 spiro atoms. The fraction of sp³-hybridized carbons (Fsp3) is 0.714. The summed E-state index contributed by atoms with van der Waals surface area (Å²) in [7, 11) is 0. The summed E-state index contributed by atoms with van der Waals surface area (Å²) in [6, 6.07) is 0. The van der Waals surface area contributed by atoms with Gasteiger partial charge in [-0.15, -0.1) is 6.58 Å². The van der Waals surface area contributed by atoms with Gasteiger partial charge in [-0.25, -0.2) is 0 Å². The van der Waals surface area contributed by atoms with E-state index in [9.17, 15) is 10.2 Å². The minimum atomic E-state index is -1.24. The highest BCUT2D eigenvalue weighted by atomic mass is 16.5. The van der Waals surface area contributed by atoms with E-state index in [1.165, 1.54) is 19.9 Å². The fourth-order valence-corrected chi connectivity index (χ4v) is 0.923. The summed E-state index contributed by atoms with van der Waals surface area (Å²) in [5.41, 5.74) is 0.610. The first-order chi connectivity index (χ1) is 5.01. The van der Waals surface area contributed by atoms with Crippen LogP contribution in [0, 0.1) is 0 Å². The lowest BCUT2D eigenvalue weighted by molar-refractivity contribution is -0.0559. The van der Waals surface area contributed by atoms with Crippen molar-refractivity contribution in [2.45, 2.75) is 31.6 Å². The van der Waals surface area contributed by atoms with Crippen LogP contribution in [0.3, 0.4) is 0 Å². The van der Waals surface area contributed by atoms with Gasteiger partial charge in [-0.3, -0.25) is 0 Å². The van der Waals surface area contributed by atoms with Crippen LogP contribution in [0.15, 0.2) is 12.7 Å². The van der Waals surface area contributed by atoms with E-state index in [2.05, 4.69) is 6.58 Å². The van der Waals surface area contributed by atoms with Crippen molar-refractivity contribution in [3.63, 3.8) is 0 Å². The molecule has 0 aliphatic rings. The van der Waals surface area contributed by atoms with Crippen molar-refractivity contribution < 1.29 is 15.4 Å². The van der Waals surface area contributed by atoms with Gasteiger partial charge in [0.25, 0.3) is 0 Å². The second-order valence-corrected chi connectivity index (χ2v) is 2.60. The molecule has 0 aromatic heterocycles. The summed E-state index contributed by atoms with van der Waals surface area (Å²) in [6.07, 6.45) is -0.544. The second kappa shape index (κ2) is 3.82. The van der Waals surface area contributed by atoms with Gasteiger partial charge >= 0.3 is 0 Å². The molecule has 0 saturated carbocycles. The third kappa shape index (κ3) is 1.78. The van der Waals surface area contributed by atoms with Crippen LogP contribution in [0.25, 0.3) is 0 Å². The van der Waals surface area contributed by atoms with Crippen molar-refractivity contribution in [1.29, 1.82) is 0 Å². The van der Waals surface area contributed by atoms with Crippen LogP contribution in [0.5, 0.6) is 0 Å². The molecule has 0 bridgehead atoms. The van der Waals surface area contributed by atoms with Gasteiger partial charge < -0.3 is 15.4 Å². The monoisotopic (exact) mass is 161 g/mol. The van der Waals surface area contributed by atoms with Gasteiger partial charge in [0.2, 0.25) is 0 Å². The van der Waals surface area contributed by atoms with Gasteiger partial charge in [-0.1, -0.05) is 6.08 Å². The Morgan fingerprint density at radius 1 is 1.36 bits per heavy atom. The Bertz CT molecular complexity index is 126. The van der Waals surface area contributed by atoms with Gasteiger partial charge in [-0.05, 0) is 13.8 Å². The molecular formula is C7H15NO3. The summed E-state index contributed by atoms with van der Waals surface area (Å²) in [5, 5.41) is 27.0. The zero-order chi connectivity index (χ0) is 9.07. The highest BCUT2D eigenvalue weighted by Crippen LogP contribution is 2.16. The lowest BCUT2D eigenvalue weighted by Crippen LogP contribution is -2.57. The van der Waals surface area contributed by atoms with Gasteiger partial charge in [0.1, 0.15) is 5.54 Å². The zero-order valence-corrected chi connectivity index (χ0v) is 6.78. The number of nitrogens with one attached hydrogen (secondary N) is 1. The van der Waals surface area contributed by atoms with E-state index in [0.29, 0.717) is 0 Å². The van der Waals surface area contributed by atoms with E-state index in [1.807, 2.05) is 5.48 Å². The van der Waals surface area contributed by atoms with E-state index < -0.39 is 17.7 Å². The molecule has 0 aliphatic heterocycles. The lowest BCUT2D eigenvalue weighted by atomic mass is 9.89. The van der Waals surface area contributed by atoms with Crippen molar-refractivity contribution in [1.82, 2.24) is 5.48 Å². The summed E-state index contributed by atoms with van der Waals surface area (Å²) in [6.45, 7) is 6.32. The molecule has 0 saturated heterocycles. The molecule has 2 atom stereocenters. The molecule has 0 aromatic rings. The Balaban J connectivity index is 4.60. The van der Waals surface area contributed by atoms with Crippen LogP contribution < -0.4 is 5.48 Å². The first-order valence-electron chi connectivity index (χ1n) is 3.42. The molecule has 4 N–H and O–H groups in total. The zero-order valence-electron chi connectivity index (χ0n) is 6.78. The van der Waals surface area contributed by atoms with E-state index in [1.54, 1.807) is 0 Å². The molecule has 0 aliphatic carbocycles. The molecule has 11 heavy (non-hydrogen) atoms. The van der Waals surface area contributed by atoms with Crippen LogP contribution in [-0.4, -0.2) is 33.2 Å². The molecule has 0 amide bonds. The van der Waals surface area contributed by atoms with E-state index in [-0.39, 0.29) is 0 Å². The van der Waals surface area contributed by atoms with Crippen LogP contribution in [-0.2, 0) is 0 Å². The minimum Gasteiger partial charge on any atom is -0.391 e. The maximum Gasteiger partial charge on any atom is 0.112 e. The smallest absolute Gasteiger partial charge is 0.112 e. The molecule has 0 rings (SSSR count). The minimum absolute atomic E-state index is 0.912. The standard InChI is InChI=1S/C7H15NO3/c1-4-7(8-11,5(2)9)6(3)10/h4-6,8-11H,1H2,2-3H3. The lowest BCUT2D eigenvalue weighted by Gasteiger charge is -2.34. The quantitative estimate of drug-likeness (QED) is 0.336. The molecule has 0 aromatic carbocycles. The van der Waals surface area contributed by atoms with Gasteiger partial charge in [0.05, 0.1) is 12.2 Å². The maximum absolute atomic E-state index is 9.18. The highest BCUT2D eigenvalue weighted by Gasteiger charge is 2.36. The summed E-state index contributed by atoms with van der Waals surface area (Å²) in [5.74, 6) is 0. The second-order valence-electron chi connectivity index (χ2n) is 2.60. The molecule has 0 heterocycles. The van der Waals surface area contributed by atoms with Crippen LogP contribution in [0.4, 0.5) is 0 Å². The number of rotatable bonds is 4. The van der Waals surface area contributed by atoms with Gasteiger partial charge in [0.15, 0.2) is 0 Å². The van der Waals surface area contributed by atoms with Crippen molar-refractivity contribution in [2.24, 2.45) is 0 Å². The Labute approximate surface area is 66.1 Å². The Hall–Kier alpha value is -0.420. The number of hydrogen-bond acceptors (Lipinski definition) is 4. The first kappa shape index (κ1) is 10.6. The van der Waals surface area contributed by atoms with Crippen molar-refractivity contribution in [2.75, 3.05) is 0 Å². The Morgan fingerprint density at radius 3 is 1.73 bits per heavy atom. The molecule has 0 radical (unpaired) electrons. The molecule has 4 heteroatoms. The van der Waals surface area contributed by atoms with E-state index in [0.717, 1.165) is 0 Å². The van der Waals surface area contributed by atoms with Crippen molar-refractivity contribution >= 4 is 0 Å². The normalized spacial score (nSPS) is 21.9. The molecule has 4 nitrogen and oxygen atoms in total. The SMILES string of the molecule is C=CC(NO)(C(C)O)C(C)O. The third-order valence-electron chi connectivity index (χ3n) is 1.91. The summed E-state index contributed by atoms with van der Waals surface area (Å²) in [4.78, 5) is 0. The van der Waals surface area contributed by atoms with Crippen LogP contribution in [0.1, 0.15) is 13.8 Å². The average Bonchev–Trinajstić information content (AvgIpc) is 1.90. The maximum atomic E-state index is 9.18. The van der Waals surface area contributed by atoms with Crippen molar-refractivity contribution in [3.05, 3.63) is 12.7 Å². The molecule has 0 fully saturated rings. The van der Waals surface area contributed by atoms with Crippen molar-refractivity contribution in [3.8, 4) is 0 Å². The number of hydroxylamine groups is 1. The molecular weight excluding hydrogens is 146 g/mol. The molecule has 2 unspecified atom stereocenters. The van der Waals surface area contributed by atoms with E-state index in [4.69, 9.17) is 5.21 Å². The predicted molar refractivity (Wildman–Crippen MR) is 41.2 cm³/mol. The number of aliphatic hydroxyl groups excluding tert-OH is 2. The Kier molecular flexibility index (Phi) is 3.68. The van der Waals surface area contributed by atoms with Crippen LogP contribution >= 0.6 is 0 Å².